The van der Waals surface area contributed by atoms with E-state index in [0.29, 0.717) is 12.0 Å². The summed E-state index contributed by atoms with van der Waals surface area (Å²) < 4.78 is 13.3. The quantitative estimate of drug-likeness (QED) is 0.785. The van der Waals surface area contributed by atoms with E-state index >= 15 is 0 Å². The molecule has 0 aliphatic heterocycles. The smallest absolute Gasteiger partial charge is 0.126 e. The van der Waals surface area contributed by atoms with Gasteiger partial charge in [0.05, 0.1) is 0 Å². The number of aliphatic hydroxyl groups excluding tert-OH is 1. The van der Waals surface area contributed by atoms with Gasteiger partial charge in [0.1, 0.15) is 5.82 Å². The number of hydrogen-bond acceptors (Lipinski definition) is 1. The molecule has 1 atom stereocenters. The van der Waals surface area contributed by atoms with E-state index in [0.717, 1.165) is 6.42 Å². The molecule has 0 fully saturated rings. The van der Waals surface area contributed by atoms with Gasteiger partial charge in [-0.15, -0.1) is 0 Å². The van der Waals surface area contributed by atoms with E-state index < -0.39 is 0 Å². The fourth-order valence-electron chi connectivity index (χ4n) is 1.39. The highest BCUT2D eigenvalue weighted by Crippen LogP contribution is 2.26. The minimum absolute atomic E-state index is 0.0951. The van der Waals surface area contributed by atoms with Crippen LogP contribution in [0.25, 0.3) is 0 Å². The standard InChI is InChI=1S/C12H17FO/c1-3-12(2,9-14)8-10-6-4-5-7-11(10)13/h4-7,14H,3,8-9H2,1-2H3. The van der Waals surface area contributed by atoms with Crippen molar-refractivity contribution in [1.29, 1.82) is 0 Å². The molecule has 0 amide bonds. The summed E-state index contributed by atoms with van der Waals surface area (Å²) in [5.74, 6) is -0.180. The molecule has 1 nitrogen and oxygen atoms in total. The van der Waals surface area contributed by atoms with Gasteiger partial charge in [0, 0.05) is 6.61 Å². The summed E-state index contributed by atoms with van der Waals surface area (Å²) in [5.41, 5.74) is 0.480. The first-order chi connectivity index (χ1) is 6.61. The van der Waals surface area contributed by atoms with Crippen molar-refractivity contribution in [3.05, 3.63) is 35.6 Å². The summed E-state index contributed by atoms with van der Waals surface area (Å²) >= 11 is 0. The highest BCUT2D eigenvalue weighted by Gasteiger charge is 2.22. The van der Waals surface area contributed by atoms with Gasteiger partial charge >= 0.3 is 0 Å². The van der Waals surface area contributed by atoms with Crippen LogP contribution >= 0.6 is 0 Å². The van der Waals surface area contributed by atoms with Crippen molar-refractivity contribution < 1.29 is 9.50 Å². The Labute approximate surface area is 84.6 Å². The summed E-state index contributed by atoms with van der Waals surface area (Å²) in [5, 5.41) is 9.22. The predicted molar refractivity (Wildman–Crippen MR) is 55.6 cm³/mol. The Kier molecular flexibility index (Phi) is 3.64. The molecule has 1 aromatic rings. The van der Waals surface area contributed by atoms with Gasteiger partial charge < -0.3 is 5.11 Å². The lowest BCUT2D eigenvalue weighted by molar-refractivity contribution is 0.137. The molecular formula is C12H17FO. The molecule has 1 rings (SSSR count). The molecule has 0 aliphatic carbocycles. The van der Waals surface area contributed by atoms with Crippen LogP contribution in [0, 0.1) is 11.2 Å². The molecular weight excluding hydrogens is 179 g/mol. The Morgan fingerprint density at radius 2 is 2.00 bits per heavy atom. The number of rotatable bonds is 4. The van der Waals surface area contributed by atoms with Crippen molar-refractivity contribution in [3.8, 4) is 0 Å². The molecule has 0 spiro atoms. The van der Waals surface area contributed by atoms with Crippen LogP contribution in [0.4, 0.5) is 4.39 Å². The van der Waals surface area contributed by atoms with Crippen molar-refractivity contribution in [2.75, 3.05) is 6.61 Å². The van der Waals surface area contributed by atoms with Gasteiger partial charge in [-0.25, -0.2) is 4.39 Å². The molecule has 1 N–H and O–H groups in total. The Morgan fingerprint density at radius 1 is 1.36 bits per heavy atom. The molecule has 0 saturated carbocycles. The lowest BCUT2D eigenvalue weighted by Gasteiger charge is -2.25. The largest absolute Gasteiger partial charge is 0.396 e. The minimum Gasteiger partial charge on any atom is -0.396 e. The zero-order valence-electron chi connectivity index (χ0n) is 8.76. The van der Waals surface area contributed by atoms with Gasteiger partial charge in [0.25, 0.3) is 0 Å². The fraction of sp³-hybridized carbons (Fsp3) is 0.500. The molecule has 0 aromatic heterocycles. The van der Waals surface area contributed by atoms with Crippen LogP contribution in [0.2, 0.25) is 0 Å². The molecule has 0 saturated heterocycles. The molecule has 2 heteroatoms. The van der Waals surface area contributed by atoms with Crippen LogP contribution in [0.1, 0.15) is 25.8 Å². The zero-order chi connectivity index (χ0) is 10.6. The topological polar surface area (TPSA) is 20.2 Å². The average molecular weight is 196 g/mol. The summed E-state index contributed by atoms with van der Waals surface area (Å²) in [6, 6.07) is 6.74. The van der Waals surface area contributed by atoms with Crippen molar-refractivity contribution >= 4 is 0 Å². The molecule has 0 aliphatic rings. The second-order valence-electron chi connectivity index (χ2n) is 4.09. The third-order valence-electron chi connectivity index (χ3n) is 2.81. The van der Waals surface area contributed by atoms with E-state index in [-0.39, 0.29) is 17.8 Å². The maximum atomic E-state index is 13.3. The monoisotopic (exact) mass is 196 g/mol. The lowest BCUT2D eigenvalue weighted by atomic mass is 9.82. The zero-order valence-corrected chi connectivity index (χ0v) is 8.76. The average Bonchev–Trinajstić information content (AvgIpc) is 2.21. The Balaban J connectivity index is 2.82. The highest BCUT2D eigenvalue weighted by molar-refractivity contribution is 5.18. The second kappa shape index (κ2) is 4.56. The third kappa shape index (κ3) is 2.55. The fourth-order valence-corrected chi connectivity index (χ4v) is 1.39. The first-order valence-corrected chi connectivity index (χ1v) is 4.95. The number of halogens is 1. The van der Waals surface area contributed by atoms with Crippen LogP contribution < -0.4 is 0 Å². The number of aliphatic hydroxyl groups is 1. The molecule has 0 bridgehead atoms. The predicted octanol–water partition coefficient (Wildman–Crippen LogP) is 2.78. The summed E-state index contributed by atoms with van der Waals surface area (Å²) in [4.78, 5) is 0. The first kappa shape index (κ1) is 11.2. The van der Waals surface area contributed by atoms with Crippen LogP contribution in [0.15, 0.2) is 24.3 Å². The Hall–Kier alpha value is -0.890. The maximum Gasteiger partial charge on any atom is 0.126 e. The van der Waals surface area contributed by atoms with Gasteiger partial charge in [0.15, 0.2) is 0 Å². The van der Waals surface area contributed by atoms with Gasteiger partial charge in [-0.2, -0.15) is 0 Å². The van der Waals surface area contributed by atoms with Crippen LogP contribution in [-0.4, -0.2) is 11.7 Å². The lowest BCUT2D eigenvalue weighted by Crippen LogP contribution is -2.23. The van der Waals surface area contributed by atoms with Gasteiger partial charge in [-0.05, 0) is 29.9 Å². The summed E-state index contributed by atoms with van der Waals surface area (Å²) in [6.07, 6.45) is 1.44. The second-order valence-corrected chi connectivity index (χ2v) is 4.09. The van der Waals surface area contributed by atoms with E-state index in [4.69, 9.17) is 0 Å². The van der Waals surface area contributed by atoms with Gasteiger partial charge in [0.2, 0.25) is 0 Å². The summed E-state index contributed by atoms with van der Waals surface area (Å²) in [6.45, 7) is 4.08. The first-order valence-electron chi connectivity index (χ1n) is 4.95. The summed E-state index contributed by atoms with van der Waals surface area (Å²) in [7, 11) is 0. The SMILES string of the molecule is CCC(C)(CO)Cc1ccccc1F. The van der Waals surface area contributed by atoms with Gasteiger partial charge in [-0.3, -0.25) is 0 Å². The van der Waals surface area contributed by atoms with Crippen molar-refractivity contribution in [1.82, 2.24) is 0 Å². The molecule has 0 radical (unpaired) electrons. The van der Waals surface area contributed by atoms with Gasteiger partial charge in [-0.1, -0.05) is 32.0 Å². The number of hydrogen-bond donors (Lipinski definition) is 1. The molecule has 78 valence electrons. The highest BCUT2D eigenvalue weighted by atomic mass is 19.1. The van der Waals surface area contributed by atoms with E-state index in [2.05, 4.69) is 0 Å². The van der Waals surface area contributed by atoms with E-state index in [1.165, 1.54) is 6.07 Å². The molecule has 1 unspecified atom stereocenters. The Bertz CT molecular complexity index is 292. The molecule has 14 heavy (non-hydrogen) atoms. The van der Waals surface area contributed by atoms with E-state index in [1.807, 2.05) is 19.9 Å². The number of benzene rings is 1. The van der Waals surface area contributed by atoms with Crippen molar-refractivity contribution in [2.24, 2.45) is 5.41 Å². The minimum atomic E-state index is -0.206. The molecule has 0 heterocycles. The van der Waals surface area contributed by atoms with E-state index in [9.17, 15) is 9.50 Å². The van der Waals surface area contributed by atoms with Crippen molar-refractivity contribution in [3.63, 3.8) is 0 Å². The van der Waals surface area contributed by atoms with Crippen LogP contribution in [0.3, 0.4) is 0 Å². The van der Waals surface area contributed by atoms with Crippen LogP contribution in [-0.2, 0) is 6.42 Å². The third-order valence-corrected chi connectivity index (χ3v) is 2.81. The van der Waals surface area contributed by atoms with E-state index in [1.54, 1.807) is 12.1 Å². The maximum absolute atomic E-state index is 13.3. The van der Waals surface area contributed by atoms with Crippen molar-refractivity contribution in [2.45, 2.75) is 26.7 Å². The molecule has 1 aromatic carbocycles. The normalized spacial score (nSPS) is 15.1. The Morgan fingerprint density at radius 3 is 2.50 bits per heavy atom. The van der Waals surface area contributed by atoms with Crippen LogP contribution in [0.5, 0.6) is 0 Å².